The molecule has 1 aromatic rings. The van der Waals surface area contributed by atoms with E-state index < -0.39 is 23.0 Å². The summed E-state index contributed by atoms with van der Waals surface area (Å²) in [6.45, 7) is 0.271. The summed E-state index contributed by atoms with van der Waals surface area (Å²) < 4.78 is 75.4. The first-order valence-electron chi connectivity index (χ1n) is 6.10. The van der Waals surface area contributed by atoms with E-state index >= 15 is 0 Å². The highest BCUT2D eigenvalue weighted by Gasteiger charge is 2.41. The number of halogens is 4. The van der Waals surface area contributed by atoms with Crippen LogP contribution in [0.15, 0.2) is 39.4 Å². The van der Waals surface area contributed by atoms with E-state index in [1.165, 1.54) is 12.1 Å². The van der Waals surface area contributed by atoms with E-state index in [0.29, 0.717) is 12.1 Å². The molecule has 2 unspecified atom stereocenters. The minimum Gasteiger partial charge on any atom is -0.435 e. The van der Waals surface area contributed by atoms with Gasteiger partial charge in [0.2, 0.25) is 0 Å². The number of nitrogens with zero attached hydrogens (tertiary/aromatic N) is 2. The molecule has 1 saturated heterocycles. The predicted molar refractivity (Wildman–Crippen MR) is 78.9 cm³/mol. The molecule has 0 radical (unpaired) electrons. The molecule has 0 aromatic heterocycles. The highest BCUT2D eigenvalue weighted by Crippen LogP contribution is 2.78. The highest BCUT2D eigenvalue weighted by molar-refractivity contribution is 7.93. The van der Waals surface area contributed by atoms with Crippen LogP contribution in [0.25, 0.3) is 0 Å². The van der Waals surface area contributed by atoms with Crippen molar-refractivity contribution in [2.24, 2.45) is 9.03 Å². The Morgan fingerprint density at radius 2 is 1.82 bits per heavy atom. The Balaban J connectivity index is 2.01. The smallest absolute Gasteiger partial charge is 0.423 e. The molecule has 0 aliphatic carbocycles. The topological polar surface area (TPSA) is 55.7 Å². The van der Waals surface area contributed by atoms with Gasteiger partial charge < -0.3 is 13.8 Å². The van der Waals surface area contributed by atoms with Gasteiger partial charge in [-0.2, -0.15) is 8.39 Å². The molecule has 122 valence electrons. The molecule has 5 nitrogen and oxygen atoms in total. The summed E-state index contributed by atoms with van der Waals surface area (Å²) in [7, 11) is -14.7. The average Bonchev–Trinajstić information content (AvgIpc) is 3.17. The van der Waals surface area contributed by atoms with E-state index in [1.807, 2.05) is 0 Å². The molecule has 22 heavy (non-hydrogen) atoms. The van der Waals surface area contributed by atoms with Gasteiger partial charge in [-0.05, 0) is 12.1 Å². The molecule has 12 heteroatoms. The molecule has 2 aliphatic heterocycles. The Morgan fingerprint density at radius 3 is 2.41 bits per heavy atom. The first kappa shape index (κ1) is 16.3. The van der Waals surface area contributed by atoms with Crippen LogP contribution in [0.2, 0.25) is 0 Å². The Labute approximate surface area is 124 Å². The van der Waals surface area contributed by atoms with Crippen molar-refractivity contribution < 1.29 is 30.6 Å². The van der Waals surface area contributed by atoms with E-state index in [2.05, 4.69) is 9.03 Å². The third-order valence-corrected chi connectivity index (χ3v) is 9.51. The Morgan fingerprint density at radius 1 is 1.14 bits per heavy atom. The maximum atomic E-state index is 13.7. The normalized spacial score (nSPS) is 31.4. The first-order valence-corrected chi connectivity index (χ1v) is 10.8. The summed E-state index contributed by atoms with van der Waals surface area (Å²) in [6, 6.07) is 7.77. The van der Waals surface area contributed by atoms with Gasteiger partial charge >= 0.3 is 23.0 Å². The second kappa shape index (κ2) is 5.81. The Bertz CT molecular complexity index is 719. The largest absolute Gasteiger partial charge is 0.435 e. The number of benzene rings is 1. The van der Waals surface area contributed by atoms with Gasteiger partial charge in [0.1, 0.15) is 11.9 Å². The van der Waals surface area contributed by atoms with Crippen LogP contribution in [-0.2, 0) is 9.26 Å². The highest BCUT2D eigenvalue weighted by atomic mass is 31.3. The van der Waals surface area contributed by atoms with Gasteiger partial charge in [0, 0.05) is 0 Å². The van der Waals surface area contributed by atoms with Gasteiger partial charge in [0.15, 0.2) is 0 Å². The SMILES string of the molecule is FP1(F)=NP(F)(F)=NP(OCC2CO2)(Oc2ccccc2)=C1. The fourth-order valence-electron chi connectivity index (χ4n) is 1.65. The summed E-state index contributed by atoms with van der Waals surface area (Å²) in [6.07, 6.45) is -0.294. The van der Waals surface area contributed by atoms with E-state index in [-0.39, 0.29) is 18.5 Å². The molecular weight excluding hydrogens is 365 g/mol. The number of ether oxygens (including phenoxy) is 1. The monoisotopic (exact) mass is 376 g/mol. The minimum atomic E-state index is -5.48. The zero-order valence-corrected chi connectivity index (χ0v) is 13.6. The van der Waals surface area contributed by atoms with Crippen molar-refractivity contribution in [1.29, 1.82) is 0 Å². The second-order valence-corrected chi connectivity index (χ2v) is 10.4. The first-order chi connectivity index (χ1) is 10.3. The molecule has 0 saturated carbocycles. The molecule has 3 rings (SSSR count). The summed E-state index contributed by atoms with van der Waals surface area (Å²) in [4.78, 5) is 0. The lowest BCUT2D eigenvalue weighted by Crippen LogP contribution is -2.05. The van der Waals surface area contributed by atoms with E-state index in [4.69, 9.17) is 13.8 Å². The fraction of sp³-hybridized carbons (Fsp3) is 0.300. The quantitative estimate of drug-likeness (QED) is 0.367. The zero-order valence-electron chi connectivity index (χ0n) is 10.9. The third kappa shape index (κ3) is 4.24. The van der Waals surface area contributed by atoms with Crippen molar-refractivity contribution in [1.82, 2.24) is 0 Å². The number of hydrogen-bond acceptors (Lipinski definition) is 5. The van der Waals surface area contributed by atoms with Crippen LogP contribution >= 0.6 is 23.0 Å². The molecular formula is C10H11F4N2O3P3. The lowest BCUT2D eigenvalue weighted by molar-refractivity contribution is 0.261. The molecule has 0 bridgehead atoms. The standard InChI is InChI=1S/C10H11F4N2O3P3/c11-20(12)8-21(16-22(13,14)15-20,18-7-10-6-17-10)19-9-4-2-1-3-5-9/h1-5,8,10H,6-7H2. The second-order valence-electron chi connectivity index (χ2n) is 4.50. The lowest BCUT2D eigenvalue weighted by Gasteiger charge is -2.25. The summed E-state index contributed by atoms with van der Waals surface area (Å²) in [5, 5.41) is 0. The lowest BCUT2D eigenvalue weighted by atomic mass is 10.3. The summed E-state index contributed by atoms with van der Waals surface area (Å²) in [5.41, 5.74) is 0.354. The zero-order chi connectivity index (χ0) is 15.8. The molecule has 0 spiro atoms. The number of epoxide rings is 1. The van der Waals surface area contributed by atoms with Crippen molar-refractivity contribution in [3.63, 3.8) is 0 Å². The van der Waals surface area contributed by atoms with Gasteiger partial charge in [0.05, 0.1) is 18.8 Å². The van der Waals surface area contributed by atoms with Crippen LogP contribution < -0.4 is 4.52 Å². The maximum absolute atomic E-state index is 13.7. The van der Waals surface area contributed by atoms with Crippen LogP contribution in [0.1, 0.15) is 0 Å². The Hall–Kier alpha value is -0.580. The summed E-state index contributed by atoms with van der Waals surface area (Å²) in [5.74, 6) is 0.134. The van der Waals surface area contributed by atoms with Gasteiger partial charge in [-0.3, -0.25) is 0 Å². The average molecular weight is 376 g/mol. The van der Waals surface area contributed by atoms with E-state index in [0.717, 1.165) is 0 Å². The number of hydrogen-bond donors (Lipinski definition) is 0. The molecule has 2 aliphatic rings. The van der Waals surface area contributed by atoms with Crippen molar-refractivity contribution in [2.75, 3.05) is 13.2 Å². The maximum Gasteiger partial charge on any atom is 0.423 e. The minimum absolute atomic E-state index is 0.124. The van der Waals surface area contributed by atoms with Crippen molar-refractivity contribution in [3.8, 4) is 5.75 Å². The molecule has 2 heterocycles. The van der Waals surface area contributed by atoms with Crippen molar-refractivity contribution >= 4 is 28.5 Å². The molecule has 1 aromatic carbocycles. The van der Waals surface area contributed by atoms with E-state index in [1.54, 1.807) is 18.2 Å². The van der Waals surface area contributed by atoms with Gasteiger partial charge in [-0.15, -0.1) is 17.4 Å². The molecule has 0 N–H and O–H groups in total. The van der Waals surface area contributed by atoms with Crippen LogP contribution in [0.5, 0.6) is 5.75 Å². The van der Waals surface area contributed by atoms with Crippen molar-refractivity contribution in [2.45, 2.75) is 6.10 Å². The molecule has 0 amide bonds. The van der Waals surface area contributed by atoms with Gasteiger partial charge in [-0.1, -0.05) is 18.2 Å². The van der Waals surface area contributed by atoms with Gasteiger partial charge in [0.25, 0.3) is 0 Å². The summed E-state index contributed by atoms with van der Waals surface area (Å²) >= 11 is 0. The number of para-hydroxylation sites is 1. The van der Waals surface area contributed by atoms with Crippen LogP contribution in [0.3, 0.4) is 0 Å². The predicted octanol–water partition coefficient (Wildman–Crippen LogP) is 5.87. The van der Waals surface area contributed by atoms with Gasteiger partial charge in [-0.25, -0.2) is 0 Å². The van der Waals surface area contributed by atoms with Crippen LogP contribution in [0.4, 0.5) is 16.8 Å². The third-order valence-electron chi connectivity index (χ3n) is 2.57. The van der Waals surface area contributed by atoms with Crippen LogP contribution in [-0.4, -0.2) is 24.9 Å². The van der Waals surface area contributed by atoms with Crippen LogP contribution in [0, 0.1) is 0 Å². The fourth-order valence-corrected chi connectivity index (χ4v) is 8.73. The molecule has 2 atom stereocenters. The molecule has 1 fully saturated rings. The van der Waals surface area contributed by atoms with E-state index in [9.17, 15) is 16.8 Å². The number of rotatable bonds is 5. The Kier molecular flexibility index (Phi) is 4.30. The van der Waals surface area contributed by atoms with Crippen molar-refractivity contribution in [3.05, 3.63) is 30.3 Å².